The predicted molar refractivity (Wildman–Crippen MR) is 156 cm³/mol. The number of amides is 2. The summed E-state index contributed by atoms with van der Waals surface area (Å²) in [5, 5.41) is 2.95. The van der Waals surface area contributed by atoms with Crippen LogP contribution in [-0.4, -0.2) is 22.9 Å². The van der Waals surface area contributed by atoms with Crippen molar-refractivity contribution in [3.8, 4) is 0 Å². The molecule has 0 saturated heterocycles. The van der Waals surface area contributed by atoms with Crippen molar-refractivity contribution < 1.29 is 9.59 Å². The molecule has 2 aliphatic heterocycles. The van der Waals surface area contributed by atoms with Crippen molar-refractivity contribution in [1.29, 1.82) is 0 Å². The number of aromatic nitrogens is 1. The molecule has 0 fully saturated rings. The smallest absolute Gasteiger partial charge is 0.271 e. The van der Waals surface area contributed by atoms with E-state index in [2.05, 4.69) is 21.2 Å². The van der Waals surface area contributed by atoms with E-state index in [1.165, 1.54) is 11.3 Å². The summed E-state index contributed by atoms with van der Waals surface area (Å²) in [5.41, 5.74) is 3.81. The average molecular weight is 600 g/mol. The number of nitrogens with zero attached hydrogens (tertiary/aromatic N) is 3. The molecule has 6 rings (SSSR count). The van der Waals surface area contributed by atoms with Gasteiger partial charge in [-0.3, -0.25) is 19.0 Å². The maximum atomic E-state index is 14.2. The van der Waals surface area contributed by atoms with Crippen molar-refractivity contribution in [2.75, 3.05) is 16.8 Å². The van der Waals surface area contributed by atoms with Crippen molar-refractivity contribution >= 4 is 56.0 Å². The second-order valence-electron chi connectivity index (χ2n) is 9.22. The Bertz CT molecular complexity index is 1860. The fraction of sp³-hybridized carbons (Fsp3) is 0.133. The van der Waals surface area contributed by atoms with Crippen molar-refractivity contribution in [1.82, 2.24) is 4.57 Å². The number of carbonyl (C=O) groups is 2. The lowest BCUT2D eigenvalue weighted by Gasteiger charge is -2.25. The minimum absolute atomic E-state index is 0.218. The monoisotopic (exact) mass is 598 g/mol. The lowest BCUT2D eigenvalue weighted by atomic mass is 9.95. The second-order valence-corrected chi connectivity index (χ2v) is 11.1. The zero-order chi connectivity index (χ0) is 27.3. The van der Waals surface area contributed by atoms with Crippen molar-refractivity contribution in [3.05, 3.63) is 125 Å². The predicted octanol–water partition coefficient (Wildman–Crippen LogP) is 4.37. The highest BCUT2D eigenvalue weighted by Crippen LogP contribution is 2.37. The van der Waals surface area contributed by atoms with Gasteiger partial charge in [0.25, 0.3) is 17.4 Å². The number of thiazole rings is 1. The summed E-state index contributed by atoms with van der Waals surface area (Å²) in [5.74, 6) is -0.553. The maximum Gasteiger partial charge on any atom is 0.271 e. The molecule has 0 aliphatic carbocycles. The van der Waals surface area contributed by atoms with Crippen molar-refractivity contribution in [3.63, 3.8) is 0 Å². The fourth-order valence-electron chi connectivity index (χ4n) is 5.17. The molecule has 194 valence electrons. The number of para-hydroxylation sites is 1. The number of hydrogen-bond donors (Lipinski definition) is 1. The molecule has 2 aliphatic rings. The van der Waals surface area contributed by atoms with Crippen LogP contribution < -0.4 is 25.1 Å². The van der Waals surface area contributed by atoms with Crippen molar-refractivity contribution in [2.24, 2.45) is 4.99 Å². The molecule has 9 heteroatoms. The molecule has 2 amide bonds. The number of rotatable bonds is 4. The number of fused-ring (bicyclic) bond motifs is 2. The van der Waals surface area contributed by atoms with Crippen LogP contribution in [0.2, 0.25) is 0 Å². The topological polar surface area (TPSA) is 83.8 Å². The Morgan fingerprint density at radius 1 is 1.03 bits per heavy atom. The molecular formula is C30H23BrN4O3S. The van der Waals surface area contributed by atoms with E-state index in [0.29, 0.717) is 44.0 Å². The Morgan fingerprint density at radius 2 is 1.72 bits per heavy atom. The Labute approximate surface area is 236 Å². The highest BCUT2D eigenvalue weighted by Gasteiger charge is 2.36. The van der Waals surface area contributed by atoms with Gasteiger partial charge in [-0.15, -0.1) is 0 Å². The van der Waals surface area contributed by atoms with Gasteiger partial charge in [0.1, 0.15) is 4.53 Å². The van der Waals surface area contributed by atoms with Crippen LogP contribution in [0.3, 0.4) is 0 Å². The van der Waals surface area contributed by atoms with E-state index >= 15 is 0 Å². The standard InChI is InChI=1S/C30H23BrN4O3S/c1-3-34-22-15-14-19(31)16-21(22)24(28(34)37)26-29(38)35-25(18-10-6-4-7-11-18)23(17(2)32-30(35)39-26)27(36)33-20-12-8-5-9-13-20/h4-16,25H,3H2,1-2H3,(H,33,36)/b26-24+/t25-/m1/s1. The molecule has 0 unspecified atom stereocenters. The Morgan fingerprint density at radius 3 is 2.41 bits per heavy atom. The van der Waals surface area contributed by atoms with E-state index in [-0.39, 0.29) is 17.4 Å². The lowest BCUT2D eigenvalue weighted by Crippen LogP contribution is -2.41. The van der Waals surface area contributed by atoms with Gasteiger partial charge in [-0.25, -0.2) is 4.99 Å². The first-order valence-corrected chi connectivity index (χ1v) is 14.1. The summed E-state index contributed by atoms with van der Waals surface area (Å²) in [4.78, 5) is 48.3. The summed E-state index contributed by atoms with van der Waals surface area (Å²) in [6.07, 6.45) is 0. The molecule has 4 aromatic rings. The number of hydrogen-bond acceptors (Lipinski definition) is 5. The van der Waals surface area contributed by atoms with E-state index in [0.717, 1.165) is 15.7 Å². The first-order chi connectivity index (χ1) is 18.9. The Hall–Kier alpha value is -4.08. The van der Waals surface area contributed by atoms with E-state index < -0.39 is 6.04 Å². The molecule has 0 saturated carbocycles. The molecule has 0 radical (unpaired) electrons. The van der Waals surface area contributed by atoms with E-state index in [4.69, 9.17) is 4.99 Å². The van der Waals surface area contributed by atoms with E-state index in [1.807, 2.05) is 85.8 Å². The Balaban J connectivity index is 1.59. The molecule has 1 N–H and O–H groups in total. The van der Waals surface area contributed by atoms with Gasteiger partial charge in [0, 0.05) is 22.3 Å². The van der Waals surface area contributed by atoms with Crippen LogP contribution in [0.15, 0.2) is 104 Å². The first kappa shape index (κ1) is 25.2. The highest BCUT2D eigenvalue weighted by molar-refractivity contribution is 9.10. The third-order valence-electron chi connectivity index (χ3n) is 6.91. The number of nitrogens with one attached hydrogen (secondary N) is 1. The van der Waals surface area contributed by atoms with Crippen LogP contribution in [0.5, 0.6) is 0 Å². The second kappa shape index (κ2) is 9.91. The molecule has 1 atom stereocenters. The molecule has 3 heterocycles. The van der Waals surface area contributed by atoms with Gasteiger partial charge in [-0.1, -0.05) is 75.8 Å². The molecule has 0 spiro atoms. The quantitative estimate of drug-likeness (QED) is 0.378. The van der Waals surface area contributed by atoms with Crippen LogP contribution in [-0.2, 0) is 9.59 Å². The van der Waals surface area contributed by atoms with Crippen LogP contribution in [0.1, 0.15) is 31.0 Å². The van der Waals surface area contributed by atoms with Gasteiger partial charge >= 0.3 is 0 Å². The SMILES string of the molecule is CCN1C(=O)/C(=c2/sc3n(c2=O)[C@H](c2ccccc2)C(C(=O)Nc2ccccc2)=C(C)N=3)c2cc(Br)ccc21. The van der Waals surface area contributed by atoms with Gasteiger partial charge in [0.05, 0.1) is 28.6 Å². The van der Waals surface area contributed by atoms with Crippen molar-refractivity contribution in [2.45, 2.75) is 19.9 Å². The summed E-state index contributed by atoms with van der Waals surface area (Å²) in [6, 6.07) is 23.5. The normalized spacial score (nSPS) is 17.6. The van der Waals surface area contributed by atoms with Gasteiger partial charge in [-0.2, -0.15) is 0 Å². The third kappa shape index (κ3) is 4.18. The zero-order valence-electron chi connectivity index (χ0n) is 21.1. The van der Waals surface area contributed by atoms with Gasteiger partial charge in [0.2, 0.25) is 0 Å². The summed E-state index contributed by atoms with van der Waals surface area (Å²) in [6.45, 7) is 4.16. The summed E-state index contributed by atoms with van der Waals surface area (Å²) >= 11 is 4.69. The molecule has 1 aromatic heterocycles. The van der Waals surface area contributed by atoms with Gasteiger partial charge in [-0.05, 0) is 49.7 Å². The zero-order valence-corrected chi connectivity index (χ0v) is 23.5. The number of allylic oxidation sites excluding steroid dienone is 1. The number of benzene rings is 3. The van der Waals surface area contributed by atoms with E-state index in [1.54, 1.807) is 16.4 Å². The molecule has 0 bridgehead atoms. The molecular weight excluding hydrogens is 576 g/mol. The number of anilines is 2. The third-order valence-corrected chi connectivity index (χ3v) is 8.46. The van der Waals surface area contributed by atoms with E-state index in [9.17, 15) is 14.4 Å². The van der Waals surface area contributed by atoms with Gasteiger partial charge < -0.3 is 10.2 Å². The molecule has 3 aromatic carbocycles. The minimum Gasteiger partial charge on any atom is -0.322 e. The summed E-state index contributed by atoms with van der Waals surface area (Å²) in [7, 11) is 0. The maximum absolute atomic E-state index is 14.2. The number of halogens is 1. The van der Waals surface area contributed by atoms with Crippen LogP contribution in [0, 0.1) is 0 Å². The Kier molecular flexibility index (Phi) is 6.40. The number of likely N-dealkylation sites (N-methyl/N-ethyl adjacent to an activating group) is 1. The van der Waals surface area contributed by atoms with Crippen LogP contribution in [0.25, 0.3) is 5.57 Å². The minimum atomic E-state index is -0.707. The van der Waals surface area contributed by atoms with Crippen LogP contribution >= 0.6 is 27.3 Å². The first-order valence-electron chi connectivity index (χ1n) is 12.5. The molecule has 39 heavy (non-hydrogen) atoms. The summed E-state index contributed by atoms with van der Waals surface area (Å²) < 4.78 is 2.68. The fourth-order valence-corrected chi connectivity index (χ4v) is 6.67. The van der Waals surface area contributed by atoms with Gasteiger partial charge in [0.15, 0.2) is 4.80 Å². The highest BCUT2D eigenvalue weighted by atomic mass is 79.9. The van der Waals surface area contributed by atoms with Crippen LogP contribution in [0.4, 0.5) is 11.4 Å². The average Bonchev–Trinajstić information content (AvgIpc) is 3.40. The molecule has 7 nitrogen and oxygen atoms in total. The lowest BCUT2D eigenvalue weighted by molar-refractivity contribution is -0.114. The number of carbonyl (C=O) groups excluding carboxylic acids is 2. The largest absolute Gasteiger partial charge is 0.322 e.